The summed E-state index contributed by atoms with van der Waals surface area (Å²) in [4.78, 5) is 22.2. The van der Waals surface area contributed by atoms with Crippen LogP contribution in [0.5, 0.6) is 0 Å². The highest BCUT2D eigenvalue weighted by molar-refractivity contribution is 6.30. The third kappa shape index (κ3) is 2.14. The number of hydrogen-bond acceptors (Lipinski definition) is 4. The highest BCUT2D eigenvalue weighted by Crippen LogP contribution is 2.28. The van der Waals surface area contributed by atoms with Gasteiger partial charge in [0.1, 0.15) is 6.54 Å². The molecule has 0 spiro atoms. The average Bonchev–Trinajstić information content (AvgIpc) is 2.38. The lowest BCUT2D eigenvalue weighted by Crippen LogP contribution is -2.62. The standard InChI is InChI=1S/C12H15ClN4O/c13-8-5-14-12(15-6-8)17-7-11(18)16-9-3-1-2-4-10(9)17/h5-6,9-10H,1-4,7H2,(H,16,18). The molecule has 1 aromatic heterocycles. The zero-order valence-electron chi connectivity index (χ0n) is 9.97. The van der Waals surface area contributed by atoms with E-state index in [1.165, 1.54) is 12.8 Å². The first-order valence-electron chi connectivity index (χ1n) is 6.27. The summed E-state index contributed by atoms with van der Waals surface area (Å²) in [5.74, 6) is 0.655. The van der Waals surface area contributed by atoms with Crippen molar-refractivity contribution in [3.63, 3.8) is 0 Å². The van der Waals surface area contributed by atoms with Crippen LogP contribution in [0.15, 0.2) is 12.4 Å². The molecule has 1 amide bonds. The summed E-state index contributed by atoms with van der Waals surface area (Å²) in [6, 6.07) is 0.553. The van der Waals surface area contributed by atoms with E-state index in [1.807, 2.05) is 4.90 Å². The molecule has 6 heteroatoms. The van der Waals surface area contributed by atoms with E-state index >= 15 is 0 Å². The van der Waals surface area contributed by atoms with Crippen molar-refractivity contribution in [3.8, 4) is 0 Å². The monoisotopic (exact) mass is 266 g/mol. The minimum Gasteiger partial charge on any atom is -0.350 e. The van der Waals surface area contributed by atoms with Crippen molar-refractivity contribution in [1.29, 1.82) is 0 Å². The van der Waals surface area contributed by atoms with Gasteiger partial charge in [-0.1, -0.05) is 24.4 Å². The van der Waals surface area contributed by atoms with Crippen molar-refractivity contribution in [2.24, 2.45) is 0 Å². The molecular weight excluding hydrogens is 252 g/mol. The number of amides is 1. The van der Waals surface area contributed by atoms with Crippen LogP contribution in [0, 0.1) is 0 Å². The molecule has 3 rings (SSSR count). The highest BCUT2D eigenvalue weighted by atomic mass is 35.5. The molecule has 2 atom stereocenters. The maximum Gasteiger partial charge on any atom is 0.239 e. The second-order valence-electron chi connectivity index (χ2n) is 4.85. The number of carbonyl (C=O) groups excluding carboxylic acids is 1. The molecule has 1 aliphatic carbocycles. The third-order valence-electron chi connectivity index (χ3n) is 3.65. The molecule has 2 heterocycles. The highest BCUT2D eigenvalue weighted by Gasteiger charge is 2.37. The lowest BCUT2D eigenvalue weighted by molar-refractivity contribution is -0.122. The largest absolute Gasteiger partial charge is 0.350 e. The Morgan fingerprint density at radius 2 is 2.00 bits per heavy atom. The molecule has 1 saturated carbocycles. The summed E-state index contributed by atoms with van der Waals surface area (Å²) < 4.78 is 0. The van der Waals surface area contributed by atoms with Crippen LogP contribution < -0.4 is 10.2 Å². The Morgan fingerprint density at radius 3 is 2.78 bits per heavy atom. The Kier molecular flexibility index (Phi) is 3.07. The summed E-state index contributed by atoms with van der Waals surface area (Å²) >= 11 is 5.79. The Hall–Kier alpha value is -1.36. The van der Waals surface area contributed by atoms with Crippen molar-refractivity contribution in [2.45, 2.75) is 37.8 Å². The number of rotatable bonds is 1. The number of halogens is 1. The van der Waals surface area contributed by atoms with Crippen molar-refractivity contribution in [2.75, 3.05) is 11.4 Å². The fraction of sp³-hybridized carbons (Fsp3) is 0.583. The zero-order chi connectivity index (χ0) is 12.5. The number of nitrogens with zero attached hydrogens (tertiary/aromatic N) is 3. The number of carbonyl (C=O) groups is 1. The van der Waals surface area contributed by atoms with Gasteiger partial charge in [-0.05, 0) is 12.8 Å². The molecule has 0 aromatic carbocycles. The van der Waals surface area contributed by atoms with Gasteiger partial charge in [0, 0.05) is 6.04 Å². The number of hydrogen-bond donors (Lipinski definition) is 1. The summed E-state index contributed by atoms with van der Waals surface area (Å²) in [5.41, 5.74) is 0. The number of nitrogens with one attached hydrogen (secondary N) is 1. The number of piperazine rings is 1. The van der Waals surface area contributed by atoms with Crippen LogP contribution in [-0.2, 0) is 4.79 Å². The molecule has 1 aliphatic heterocycles. The number of aromatic nitrogens is 2. The van der Waals surface area contributed by atoms with Gasteiger partial charge >= 0.3 is 0 Å². The van der Waals surface area contributed by atoms with Crippen molar-refractivity contribution >= 4 is 23.5 Å². The van der Waals surface area contributed by atoms with Crippen LogP contribution in [0.4, 0.5) is 5.95 Å². The molecule has 18 heavy (non-hydrogen) atoms. The van der Waals surface area contributed by atoms with Gasteiger partial charge in [-0.2, -0.15) is 0 Å². The average molecular weight is 267 g/mol. The Labute approximate surface area is 111 Å². The zero-order valence-corrected chi connectivity index (χ0v) is 10.7. The van der Waals surface area contributed by atoms with E-state index in [-0.39, 0.29) is 11.9 Å². The van der Waals surface area contributed by atoms with Gasteiger partial charge in [0.25, 0.3) is 0 Å². The van der Waals surface area contributed by atoms with Crippen LogP contribution in [0.3, 0.4) is 0 Å². The van der Waals surface area contributed by atoms with E-state index in [4.69, 9.17) is 11.6 Å². The molecule has 1 N–H and O–H groups in total. The summed E-state index contributed by atoms with van der Waals surface area (Å²) in [5, 5.41) is 3.58. The van der Waals surface area contributed by atoms with Gasteiger partial charge in [0.15, 0.2) is 0 Å². The van der Waals surface area contributed by atoms with Gasteiger partial charge in [-0.15, -0.1) is 0 Å². The van der Waals surface area contributed by atoms with E-state index in [9.17, 15) is 4.79 Å². The van der Waals surface area contributed by atoms with Crippen LogP contribution >= 0.6 is 11.6 Å². The van der Waals surface area contributed by atoms with E-state index in [2.05, 4.69) is 15.3 Å². The first-order valence-corrected chi connectivity index (χ1v) is 6.65. The van der Waals surface area contributed by atoms with Crippen LogP contribution in [0.2, 0.25) is 5.02 Å². The van der Waals surface area contributed by atoms with Crippen LogP contribution in [-0.4, -0.2) is 34.5 Å². The normalized spacial score (nSPS) is 27.6. The van der Waals surface area contributed by atoms with E-state index in [0.29, 0.717) is 23.6 Å². The molecular formula is C12H15ClN4O. The molecule has 0 radical (unpaired) electrons. The SMILES string of the molecule is O=C1CN(c2ncc(Cl)cn2)C2CCCCC2N1. The van der Waals surface area contributed by atoms with Crippen LogP contribution in [0.25, 0.3) is 0 Å². The fourth-order valence-electron chi connectivity index (χ4n) is 2.85. The molecule has 96 valence electrons. The summed E-state index contributed by atoms with van der Waals surface area (Å²) in [6.07, 6.45) is 7.65. The number of fused-ring (bicyclic) bond motifs is 1. The van der Waals surface area contributed by atoms with E-state index in [1.54, 1.807) is 12.4 Å². The van der Waals surface area contributed by atoms with Crippen LogP contribution in [0.1, 0.15) is 25.7 Å². The van der Waals surface area contributed by atoms with Crippen molar-refractivity contribution in [1.82, 2.24) is 15.3 Å². The molecule has 5 nitrogen and oxygen atoms in total. The lowest BCUT2D eigenvalue weighted by atomic mass is 9.87. The maximum atomic E-state index is 11.7. The van der Waals surface area contributed by atoms with Gasteiger partial charge in [0.05, 0.1) is 23.5 Å². The van der Waals surface area contributed by atoms with Gasteiger partial charge in [0.2, 0.25) is 11.9 Å². The minimum absolute atomic E-state index is 0.0525. The van der Waals surface area contributed by atoms with Crippen molar-refractivity contribution < 1.29 is 4.79 Å². The first kappa shape index (κ1) is 11.7. The van der Waals surface area contributed by atoms with E-state index < -0.39 is 0 Å². The molecule has 2 aliphatic rings. The van der Waals surface area contributed by atoms with Crippen molar-refractivity contribution in [3.05, 3.63) is 17.4 Å². The van der Waals surface area contributed by atoms with Gasteiger partial charge in [-0.25, -0.2) is 9.97 Å². The molecule has 1 saturated heterocycles. The minimum atomic E-state index is 0.0525. The molecule has 1 aromatic rings. The second-order valence-corrected chi connectivity index (χ2v) is 5.29. The summed E-state index contributed by atoms with van der Waals surface area (Å²) in [6.45, 7) is 0.336. The van der Waals surface area contributed by atoms with Gasteiger partial charge < -0.3 is 10.2 Å². The smallest absolute Gasteiger partial charge is 0.239 e. The Morgan fingerprint density at radius 1 is 1.28 bits per heavy atom. The third-order valence-corrected chi connectivity index (χ3v) is 3.85. The van der Waals surface area contributed by atoms with E-state index in [0.717, 1.165) is 12.8 Å². The predicted molar refractivity (Wildman–Crippen MR) is 68.6 cm³/mol. The quantitative estimate of drug-likeness (QED) is 0.834. The maximum absolute atomic E-state index is 11.7. The molecule has 2 fully saturated rings. The summed E-state index contributed by atoms with van der Waals surface area (Å²) in [7, 11) is 0. The predicted octanol–water partition coefficient (Wildman–Crippen LogP) is 1.38. The number of anilines is 1. The first-order chi connectivity index (χ1) is 8.74. The Balaban J connectivity index is 1.88. The lowest BCUT2D eigenvalue weighted by Gasteiger charge is -2.43. The van der Waals surface area contributed by atoms with Gasteiger partial charge in [-0.3, -0.25) is 4.79 Å². The topological polar surface area (TPSA) is 58.1 Å². The fourth-order valence-corrected chi connectivity index (χ4v) is 2.95. The molecule has 0 bridgehead atoms. The molecule has 2 unspecified atom stereocenters. The second kappa shape index (κ2) is 4.72. The Bertz CT molecular complexity index is 450.